The van der Waals surface area contributed by atoms with Gasteiger partial charge in [-0.2, -0.15) is 10.2 Å². The van der Waals surface area contributed by atoms with Crippen LogP contribution < -0.4 is 5.43 Å². The van der Waals surface area contributed by atoms with Gasteiger partial charge in [0.25, 0.3) is 5.95 Å². The normalized spacial score (nSPS) is 10.8. The summed E-state index contributed by atoms with van der Waals surface area (Å²) in [5, 5.41) is 21.6. The van der Waals surface area contributed by atoms with Crippen molar-refractivity contribution in [1.82, 2.24) is 15.2 Å². The smallest absolute Gasteiger partial charge is 0.263 e. The lowest BCUT2D eigenvalue weighted by atomic mass is 10.2. The Labute approximate surface area is 146 Å². The molecule has 1 heterocycles. The van der Waals surface area contributed by atoms with E-state index in [9.17, 15) is 5.11 Å². The van der Waals surface area contributed by atoms with Gasteiger partial charge in [0.15, 0.2) is 0 Å². The molecule has 0 unspecified atom stereocenters. The number of rotatable bonds is 4. The average Bonchev–Trinajstić information content (AvgIpc) is 2.59. The highest BCUT2D eigenvalue weighted by Gasteiger charge is 2.02. The first-order chi connectivity index (χ1) is 11.2. The van der Waals surface area contributed by atoms with Gasteiger partial charge in [-0.15, -0.1) is 5.10 Å². The molecule has 2 N–H and O–H groups in total. The van der Waals surface area contributed by atoms with Crippen LogP contribution in [0, 0.1) is 3.57 Å². The Hall–Kier alpha value is -2.55. The minimum atomic E-state index is 0.160. The third kappa shape index (κ3) is 4.01. The van der Waals surface area contributed by atoms with E-state index < -0.39 is 0 Å². The number of phenolic OH excluding ortho intramolecular Hbond substituents is 1. The molecule has 114 valence electrons. The van der Waals surface area contributed by atoms with Crippen molar-refractivity contribution in [2.75, 3.05) is 5.43 Å². The van der Waals surface area contributed by atoms with E-state index in [0.29, 0.717) is 11.3 Å². The van der Waals surface area contributed by atoms with Crippen molar-refractivity contribution in [2.24, 2.45) is 5.10 Å². The minimum Gasteiger partial charge on any atom is -0.507 e. The van der Waals surface area contributed by atoms with Crippen LogP contribution in [0.5, 0.6) is 5.75 Å². The number of halogens is 1. The maximum Gasteiger partial charge on any atom is 0.263 e. The van der Waals surface area contributed by atoms with Gasteiger partial charge in [0.05, 0.1) is 18.1 Å². The molecule has 0 radical (unpaired) electrons. The molecule has 0 amide bonds. The van der Waals surface area contributed by atoms with E-state index in [1.54, 1.807) is 12.3 Å². The molecule has 3 aromatic rings. The van der Waals surface area contributed by atoms with E-state index >= 15 is 0 Å². The summed E-state index contributed by atoms with van der Waals surface area (Å²) in [6.07, 6.45) is 3.10. The molecular weight excluding hydrogens is 405 g/mol. The molecule has 0 bridgehead atoms. The molecule has 1 aromatic heterocycles. The maximum atomic E-state index is 9.76. The third-order valence-corrected chi connectivity index (χ3v) is 3.66. The summed E-state index contributed by atoms with van der Waals surface area (Å²) < 4.78 is 1.01. The van der Waals surface area contributed by atoms with Crippen LogP contribution in [-0.4, -0.2) is 26.5 Å². The van der Waals surface area contributed by atoms with E-state index in [2.05, 4.69) is 48.3 Å². The van der Waals surface area contributed by atoms with Gasteiger partial charge >= 0.3 is 0 Å². The molecule has 23 heavy (non-hydrogen) atoms. The predicted octanol–water partition coefficient (Wildman–Crippen LogP) is 3.29. The molecule has 0 aliphatic carbocycles. The lowest BCUT2D eigenvalue weighted by Gasteiger charge is -2.02. The van der Waals surface area contributed by atoms with Crippen LogP contribution in [-0.2, 0) is 0 Å². The van der Waals surface area contributed by atoms with Crippen LogP contribution in [0.1, 0.15) is 5.56 Å². The lowest BCUT2D eigenvalue weighted by molar-refractivity contribution is 0.474. The van der Waals surface area contributed by atoms with Crippen molar-refractivity contribution in [2.45, 2.75) is 0 Å². The Bertz CT molecular complexity index is 839. The van der Waals surface area contributed by atoms with Gasteiger partial charge in [-0.05, 0) is 40.8 Å². The summed E-state index contributed by atoms with van der Waals surface area (Å²) in [6.45, 7) is 0. The molecule has 0 saturated carbocycles. The fourth-order valence-corrected chi connectivity index (χ4v) is 2.40. The SMILES string of the molecule is Oc1ccc(I)cc1/C=N\Nc1nncc(-c2ccccc2)n1. The number of nitrogens with zero attached hydrogens (tertiary/aromatic N) is 4. The zero-order chi connectivity index (χ0) is 16.1. The van der Waals surface area contributed by atoms with Crippen LogP contribution >= 0.6 is 22.6 Å². The Morgan fingerprint density at radius 2 is 1.96 bits per heavy atom. The topological polar surface area (TPSA) is 83.3 Å². The summed E-state index contributed by atoms with van der Waals surface area (Å²) in [4.78, 5) is 4.35. The summed E-state index contributed by atoms with van der Waals surface area (Å²) in [7, 11) is 0. The largest absolute Gasteiger partial charge is 0.507 e. The molecule has 7 heteroatoms. The number of aromatic nitrogens is 3. The first-order valence-electron chi connectivity index (χ1n) is 6.75. The fourth-order valence-electron chi connectivity index (χ4n) is 1.89. The van der Waals surface area contributed by atoms with Crippen molar-refractivity contribution < 1.29 is 5.11 Å². The second-order valence-corrected chi connectivity index (χ2v) is 5.85. The first-order valence-corrected chi connectivity index (χ1v) is 7.83. The highest BCUT2D eigenvalue weighted by Crippen LogP contribution is 2.18. The van der Waals surface area contributed by atoms with Gasteiger partial charge in [-0.25, -0.2) is 10.4 Å². The first kappa shape index (κ1) is 15.3. The number of phenols is 1. The monoisotopic (exact) mass is 417 g/mol. The van der Waals surface area contributed by atoms with Crippen molar-refractivity contribution in [3.05, 3.63) is 63.9 Å². The van der Waals surface area contributed by atoms with E-state index in [1.807, 2.05) is 42.5 Å². The zero-order valence-electron chi connectivity index (χ0n) is 11.9. The summed E-state index contributed by atoms with van der Waals surface area (Å²) >= 11 is 2.17. The third-order valence-electron chi connectivity index (χ3n) is 2.99. The average molecular weight is 417 g/mol. The van der Waals surface area contributed by atoms with Crippen LogP contribution in [0.25, 0.3) is 11.3 Å². The standard InChI is InChI=1S/C16H12IN5O/c17-13-6-7-15(23)12(8-13)9-18-21-16-20-14(10-19-22-16)11-4-2-1-3-5-11/h1-10,23H,(H,20,21,22)/b18-9-. The quantitative estimate of drug-likeness (QED) is 0.387. The van der Waals surface area contributed by atoms with Crippen LogP contribution in [0.15, 0.2) is 59.8 Å². The number of hydrogen-bond donors (Lipinski definition) is 2. The Balaban J connectivity index is 1.76. The second kappa shape index (κ2) is 7.14. The predicted molar refractivity (Wildman–Crippen MR) is 97.3 cm³/mol. The number of hydrazone groups is 1. The fraction of sp³-hybridized carbons (Fsp3) is 0. The number of aromatic hydroxyl groups is 1. The summed E-state index contributed by atoms with van der Waals surface area (Å²) in [5.74, 6) is 0.445. The molecule has 0 fully saturated rings. The summed E-state index contributed by atoms with van der Waals surface area (Å²) in [5.41, 5.74) is 4.98. The van der Waals surface area contributed by atoms with Gasteiger partial charge < -0.3 is 5.11 Å². The summed E-state index contributed by atoms with van der Waals surface area (Å²) in [6, 6.07) is 15.0. The van der Waals surface area contributed by atoms with E-state index in [1.165, 1.54) is 6.21 Å². The number of hydrogen-bond acceptors (Lipinski definition) is 6. The molecule has 0 aliphatic heterocycles. The molecule has 2 aromatic carbocycles. The number of benzene rings is 2. The molecule has 0 saturated heterocycles. The van der Waals surface area contributed by atoms with Gasteiger partial charge in [-0.3, -0.25) is 0 Å². The van der Waals surface area contributed by atoms with E-state index in [4.69, 9.17) is 0 Å². The highest BCUT2D eigenvalue weighted by atomic mass is 127. The van der Waals surface area contributed by atoms with Gasteiger partial charge in [0, 0.05) is 14.7 Å². The van der Waals surface area contributed by atoms with Crippen molar-refractivity contribution >= 4 is 34.8 Å². The van der Waals surface area contributed by atoms with Crippen molar-refractivity contribution in [3.8, 4) is 17.0 Å². The molecule has 6 nitrogen and oxygen atoms in total. The lowest BCUT2D eigenvalue weighted by Crippen LogP contribution is -2.00. The molecule has 0 atom stereocenters. The number of nitrogens with one attached hydrogen (secondary N) is 1. The van der Waals surface area contributed by atoms with Gasteiger partial charge in [-0.1, -0.05) is 30.3 Å². The van der Waals surface area contributed by atoms with Crippen molar-refractivity contribution in [1.29, 1.82) is 0 Å². The second-order valence-electron chi connectivity index (χ2n) is 4.60. The zero-order valence-corrected chi connectivity index (χ0v) is 14.0. The maximum absolute atomic E-state index is 9.76. The number of anilines is 1. The molecule has 0 aliphatic rings. The van der Waals surface area contributed by atoms with Crippen LogP contribution in [0.4, 0.5) is 5.95 Å². The van der Waals surface area contributed by atoms with Crippen LogP contribution in [0.3, 0.4) is 0 Å². The molecule has 3 rings (SSSR count). The van der Waals surface area contributed by atoms with Crippen LogP contribution in [0.2, 0.25) is 0 Å². The van der Waals surface area contributed by atoms with E-state index in [0.717, 1.165) is 9.13 Å². The highest BCUT2D eigenvalue weighted by molar-refractivity contribution is 14.1. The van der Waals surface area contributed by atoms with Gasteiger partial charge in [0.2, 0.25) is 0 Å². The van der Waals surface area contributed by atoms with Gasteiger partial charge in [0.1, 0.15) is 5.75 Å². The Morgan fingerprint density at radius 3 is 2.78 bits per heavy atom. The Morgan fingerprint density at radius 1 is 1.13 bits per heavy atom. The van der Waals surface area contributed by atoms with E-state index in [-0.39, 0.29) is 11.7 Å². The molecule has 0 spiro atoms. The van der Waals surface area contributed by atoms with Crippen molar-refractivity contribution in [3.63, 3.8) is 0 Å². The molecular formula is C16H12IN5O. The Kier molecular flexibility index (Phi) is 4.77. The minimum absolute atomic E-state index is 0.160.